The van der Waals surface area contributed by atoms with E-state index in [2.05, 4.69) is 15.0 Å². The number of carbonyl (C=O) groups is 2. The molecule has 0 bridgehead atoms. The van der Waals surface area contributed by atoms with Gasteiger partial charge in [-0.15, -0.1) is 0 Å². The van der Waals surface area contributed by atoms with Crippen LogP contribution in [-0.2, 0) is 14.3 Å². The molecule has 6 nitrogen and oxygen atoms in total. The maximum Gasteiger partial charge on any atom is 0.305 e. The Labute approximate surface area is 114 Å². The molecule has 3 N–H and O–H groups in total. The van der Waals surface area contributed by atoms with Crippen LogP contribution in [0.1, 0.15) is 32.1 Å². The zero-order valence-electron chi connectivity index (χ0n) is 11.7. The fraction of sp³-hybridized carbons (Fsp3) is 0.846. The molecule has 0 aliphatic carbocycles. The second-order valence-electron chi connectivity index (χ2n) is 4.89. The summed E-state index contributed by atoms with van der Waals surface area (Å²) < 4.78 is 4.53. The van der Waals surface area contributed by atoms with Crippen LogP contribution in [0.2, 0.25) is 0 Å². The SMILES string of the molecule is COC(=O)CCCNC(=O)CN1CCCCC1CN. The van der Waals surface area contributed by atoms with Gasteiger partial charge in [-0.3, -0.25) is 14.5 Å². The highest BCUT2D eigenvalue weighted by molar-refractivity contribution is 5.78. The van der Waals surface area contributed by atoms with Crippen LogP contribution in [0.15, 0.2) is 0 Å². The van der Waals surface area contributed by atoms with Gasteiger partial charge in [0.1, 0.15) is 0 Å². The summed E-state index contributed by atoms with van der Waals surface area (Å²) in [4.78, 5) is 24.8. The van der Waals surface area contributed by atoms with E-state index in [1.807, 2.05) is 0 Å². The van der Waals surface area contributed by atoms with Crippen LogP contribution < -0.4 is 11.1 Å². The number of esters is 1. The largest absolute Gasteiger partial charge is 0.469 e. The molecule has 19 heavy (non-hydrogen) atoms. The van der Waals surface area contributed by atoms with E-state index in [1.165, 1.54) is 13.5 Å². The molecule has 1 unspecified atom stereocenters. The van der Waals surface area contributed by atoms with E-state index in [0.717, 1.165) is 19.4 Å². The minimum Gasteiger partial charge on any atom is -0.469 e. The average Bonchev–Trinajstić information content (AvgIpc) is 2.43. The van der Waals surface area contributed by atoms with E-state index in [-0.39, 0.29) is 11.9 Å². The van der Waals surface area contributed by atoms with Gasteiger partial charge in [0, 0.05) is 25.6 Å². The normalized spacial score (nSPS) is 20.0. The molecule has 1 aliphatic heterocycles. The minimum absolute atomic E-state index is 0.00483. The summed E-state index contributed by atoms with van der Waals surface area (Å²) in [6, 6.07) is 0.328. The lowest BCUT2D eigenvalue weighted by Crippen LogP contribution is -2.48. The highest BCUT2D eigenvalue weighted by Crippen LogP contribution is 2.15. The van der Waals surface area contributed by atoms with Crippen molar-refractivity contribution >= 4 is 11.9 Å². The molecule has 0 saturated carbocycles. The maximum atomic E-state index is 11.8. The first-order valence-corrected chi connectivity index (χ1v) is 6.95. The monoisotopic (exact) mass is 271 g/mol. The number of nitrogens with two attached hydrogens (primary N) is 1. The molecule has 1 aliphatic rings. The number of nitrogens with zero attached hydrogens (tertiary/aromatic N) is 1. The number of piperidine rings is 1. The summed E-state index contributed by atoms with van der Waals surface area (Å²) in [7, 11) is 1.37. The third-order valence-electron chi connectivity index (χ3n) is 3.48. The first-order chi connectivity index (χ1) is 9.17. The number of hydrogen-bond acceptors (Lipinski definition) is 5. The molecular formula is C13H25N3O3. The van der Waals surface area contributed by atoms with Crippen LogP contribution in [0.25, 0.3) is 0 Å². The number of nitrogens with one attached hydrogen (secondary N) is 1. The summed E-state index contributed by atoms with van der Waals surface area (Å²) in [5.74, 6) is -0.237. The van der Waals surface area contributed by atoms with Gasteiger partial charge in [-0.25, -0.2) is 0 Å². The lowest BCUT2D eigenvalue weighted by Gasteiger charge is -2.34. The van der Waals surface area contributed by atoms with Gasteiger partial charge >= 0.3 is 5.97 Å². The van der Waals surface area contributed by atoms with Crippen LogP contribution in [0.5, 0.6) is 0 Å². The van der Waals surface area contributed by atoms with Gasteiger partial charge in [0.25, 0.3) is 0 Å². The standard InChI is InChI=1S/C13H25N3O3/c1-19-13(18)6-4-7-15-12(17)10-16-8-3-2-5-11(16)9-14/h11H,2-10,14H2,1H3,(H,15,17). The van der Waals surface area contributed by atoms with Gasteiger partial charge < -0.3 is 15.8 Å². The number of methoxy groups -OCH3 is 1. The Kier molecular flexibility index (Phi) is 7.43. The second kappa shape index (κ2) is 8.87. The van der Waals surface area contributed by atoms with Crippen molar-refractivity contribution in [3.05, 3.63) is 0 Å². The first kappa shape index (κ1) is 15.9. The molecule has 1 saturated heterocycles. The lowest BCUT2D eigenvalue weighted by atomic mass is 10.0. The summed E-state index contributed by atoms with van der Waals surface area (Å²) in [6.07, 6.45) is 4.35. The number of ether oxygens (including phenoxy) is 1. The molecule has 0 spiro atoms. The highest BCUT2D eigenvalue weighted by Gasteiger charge is 2.22. The quantitative estimate of drug-likeness (QED) is 0.498. The van der Waals surface area contributed by atoms with Crippen molar-refractivity contribution in [1.29, 1.82) is 0 Å². The fourth-order valence-electron chi connectivity index (χ4n) is 2.34. The zero-order chi connectivity index (χ0) is 14.1. The van der Waals surface area contributed by atoms with Crippen molar-refractivity contribution in [2.45, 2.75) is 38.1 Å². The van der Waals surface area contributed by atoms with E-state index in [4.69, 9.17) is 5.73 Å². The van der Waals surface area contributed by atoms with Crippen molar-refractivity contribution in [1.82, 2.24) is 10.2 Å². The van der Waals surface area contributed by atoms with E-state index in [1.54, 1.807) is 0 Å². The fourth-order valence-corrected chi connectivity index (χ4v) is 2.34. The van der Waals surface area contributed by atoms with Gasteiger partial charge in [0.15, 0.2) is 0 Å². The third-order valence-corrected chi connectivity index (χ3v) is 3.48. The van der Waals surface area contributed by atoms with Crippen LogP contribution in [0.4, 0.5) is 0 Å². The van der Waals surface area contributed by atoms with Gasteiger partial charge in [-0.1, -0.05) is 6.42 Å². The van der Waals surface area contributed by atoms with Crippen LogP contribution in [0.3, 0.4) is 0 Å². The van der Waals surface area contributed by atoms with E-state index < -0.39 is 0 Å². The molecule has 1 fully saturated rings. The van der Waals surface area contributed by atoms with Crippen LogP contribution in [0, 0.1) is 0 Å². The maximum absolute atomic E-state index is 11.8. The minimum atomic E-state index is -0.242. The number of amides is 1. The van der Waals surface area contributed by atoms with Gasteiger partial charge in [-0.05, 0) is 25.8 Å². The Morgan fingerprint density at radius 2 is 2.21 bits per heavy atom. The molecule has 6 heteroatoms. The summed E-state index contributed by atoms with van der Waals surface area (Å²) >= 11 is 0. The van der Waals surface area contributed by atoms with Crippen molar-refractivity contribution in [3.63, 3.8) is 0 Å². The molecule has 0 aromatic heterocycles. The van der Waals surface area contributed by atoms with Gasteiger partial charge in [0.05, 0.1) is 13.7 Å². The number of carbonyl (C=O) groups excluding carboxylic acids is 2. The molecule has 0 aromatic carbocycles. The predicted molar refractivity (Wildman–Crippen MR) is 72.5 cm³/mol. The van der Waals surface area contributed by atoms with Crippen molar-refractivity contribution in [2.24, 2.45) is 5.73 Å². The van der Waals surface area contributed by atoms with Crippen LogP contribution in [-0.4, -0.2) is 56.1 Å². The lowest BCUT2D eigenvalue weighted by molar-refractivity contribution is -0.140. The van der Waals surface area contributed by atoms with E-state index >= 15 is 0 Å². The Morgan fingerprint density at radius 3 is 2.89 bits per heavy atom. The van der Waals surface area contributed by atoms with Crippen molar-refractivity contribution in [3.8, 4) is 0 Å². The predicted octanol–water partition coefficient (Wildman–Crippen LogP) is -0.131. The van der Waals surface area contributed by atoms with Gasteiger partial charge in [-0.2, -0.15) is 0 Å². The summed E-state index contributed by atoms with van der Waals surface area (Å²) in [6.45, 7) is 2.46. The molecule has 0 aromatic rings. The number of rotatable bonds is 7. The Morgan fingerprint density at radius 1 is 1.42 bits per heavy atom. The average molecular weight is 271 g/mol. The number of hydrogen-bond donors (Lipinski definition) is 2. The summed E-state index contributed by atoms with van der Waals surface area (Å²) in [5.41, 5.74) is 5.71. The van der Waals surface area contributed by atoms with Gasteiger partial charge in [0.2, 0.25) is 5.91 Å². The van der Waals surface area contributed by atoms with Crippen molar-refractivity contribution in [2.75, 3.05) is 33.3 Å². The zero-order valence-corrected chi connectivity index (χ0v) is 11.7. The molecule has 1 heterocycles. The molecular weight excluding hydrogens is 246 g/mol. The molecule has 0 radical (unpaired) electrons. The van der Waals surface area contributed by atoms with E-state index in [0.29, 0.717) is 38.5 Å². The van der Waals surface area contributed by atoms with E-state index in [9.17, 15) is 9.59 Å². The van der Waals surface area contributed by atoms with Crippen molar-refractivity contribution < 1.29 is 14.3 Å². The topological polar surface area (TPSA) is 84.7 Å². The smallest absolute Gasteiger partial charge is 0.305 e. The Bertz CT molecular complexity index is 297. The third kappa shape index (κ3) is 6.02. The highest BCUT2D eigenvalue weighted by atomic mass is 16.5. The van der Waals surface area contributed by atoms with Crippen LogP contribution >= 0.6 is 0 Å². The molecule has 1 amide bonds. The summed E-state index contributed by atoms with van der Waals surface area (Å²) in [5, 5.41) is 2.82. The molecule has 110 valence electrons. The Hall–Kier alpha value is -1.14. The Balaban J connectivity index is 2.17. The molecule has 1 atom stereocenters. The number of likely N-dealkylation sites (tertiary alicyclic amines) is 1. The second-order valence-corrected chi connectivity index (χ2v) is 4.89. The first-order valence-electron chi connectivity index (χ1n) is 6.95. The molecule has 1 rings (SSSR count).